The van der Waals surface area contributed by atoms with Crippen molar-refractivity contribution in [2.24, 2.45) is 5.73 Å². The molecule has 0 unspecified atom stereocenters. The molecule has 0 bridgehead atoms. The SMILES string of the molecule is NCC#Cc1ccc(Cl)c(-n2sc3ccccc3c2=O)c1. The molecule has 0 aliphatic heterocycles. The molecule has 1 heterocycles. The zero-order chi connectivity index (χ0) is 14.8. The van der Waals surface area contributed by atoms with Gasteiger partial charge in [0, 0.05) is 5.56 Å². The van der Waals surface area contributed by atoms with Crippen LogP contribution in [0.4, 0.5) is 0 Å². The second kappa shape index (κ2) is 5.74. The molecule has 1 aromatic heterocycles. The fourth-order valence-corrected chi connectivity index (χ4v) is 3.30. The molecular weight excluding hydrogens is 304 g/mol. The summed E-state index contributed by atoms with van der Waals surface area (Å²) in [5.74, 6) is 5.75. The summed E-state index contributed by atoms with van der Waals surface area (Å²) in [6.07, 6.45) is 0. The summed E-state index contributed by atoms with van der Waals surface area (Å²) in [5, 5.41) is 1.21. The van der Waals surface area contributed by atoms with Crippen LogP contribution in [0.1, 0.15) is 5.56 Å². The van der Waals surface area contributed by atoms with Crippen LogP contribution in [0.5, 0.6) is 0 Å². The van der Waals surface area contributed by atoms with E-state index >= 15 is 0 Å². The number of nitrogens with two attached hydrogens (primary N) is 1. The Morgan fingerprint density at radius 3 is 2.81 bits per heavy atom. The summed E-state index contributed by atoms with van der Waals surface area (Å²) in [5.41, 5.74) is 6.74. The molecule has 0 amide bonds. The predicted molar refractivity (Wildman–Crippen MR) is 88.4 cm³/mol. The highest BCUT2D eigenvalue weighted by Crippen LogP contribution is 2.25. The Bertz CT molecular complexity index is 931. The number of aromatic nitrogens is 1. The fourth-order valence-electron chi connectivity index (χ4n) is 2.03. The summed E-state index contributed by atoms with van der Waals surface area (Å²) < 4.78 is 2.53. The Kier molecular flexibility index (Phi) is 3.80. The topological polar surface area (TPSA) is 48.0 Å². The Balaban J connectivity index is 2.22. The maximum Gasteiger partial charge on any atom is 0.273 e. The summed E-state index contributed by atoms with van der Waals surface area (Å²) >= 11 is 7.61. The molecule has 104 valence electrons. The Hall–Kier alpha value is -2.06. The van der Waals surface area contributed by atoms with Crippen LogP contribution in [0.25, 0.3) is 15.8 Å². The van der Waals surface area contributed by atoms with E-state index in [1.165, 1.54) is 11.5 Å². The minimum Gasteiger partial charge on any atom is -0.320 e. The molecule has 5 heteroatoms. The Morgan fingerprint density at radius 2 is 2.05 bits per heavy atom. The van der Waals surface area contributed by atoms with Gasteiger partial charge in [0.15, 0.2) is 0 Å². The zero-order valence-corrected chi connectivity index (χ0v) is 12.5. The summed E-state index contributed by atoms with van der Waals surface area (Å²) in [7, 11) is 0. The van der Waals surface area contributed by atoms with Crippen molar-refractivity contribution in [3.63, 3.8) is 0 Å². The van der Waals surface area contributed by atoms with Crippen molar-refractivity contribution < 1.29 is 0 Å². The molecule has 0 saturated carbocycles. The third-order valence-corrected chi connectivity index (χ3v) is 4.41. The first-order valence-corrected chi connectivity index (χ1v) is 7.46. The number of fused-ring (bicyclic) bond motifs is 1. The van der Waals surface area contributed by atoms with Crippen LogP contribution in [0.2, 0.25) is 5.02 Å². The fraction of sp³-hybridized carbons (Fsp3) is 0.0625. The van der Waals surface area contributed by atoms with Crippen LogP contribution < -0.4 is 11.3 Å². The van der Waals surface area contributed by atoms with Crippen molar-refractivity contribution in [1.29, 1.82) is 0 Å². The van der Waals surface area contributed by atoms with Crippen molar-refractivity contribution in [2.75, 3.05) is 6.54 Å². The van der Waals surface area contributed by atoms with Crippen LogP contribution in [-0.2, 0) is 0 Å². The molecule has 21 heavy (non-hydrogen) atoms. The largest absolute Gasteiger partial charge is 0.320 e. The first kappa shape index (κ1) is 13.9. The maximum atomic E-state index is 12.5. The van der Waals surface area contributed by atoms with Gasteiger partial charge in [-0.05, 0) is 30.3 Å². The van der Waals surface area contributed by atoms with Crippen molar-refractivity contribution in [3.05, 3.63) is 63.4 Å². The van der Waals surface area contributed by atoms with Gasteiger partial charge in [-0.3, -0.25) is 4.79 Å². The standard InChI is InChI=1S/C16H11ClN2OS/c17-13-8-7-11(4-3-9-18)10-14(13)19-16(20)12-5-1-2-6-15(12)21-19/h1-2,5-8,10H,9,18H2. The summed E-state index contributed by atoms with van der Waals surface area (Å²) in [4.78, 5) is 12.5. The molecule has 0 fully saturated rings. The highest BCUT2D eigenvalue weighted by molar-refractivity contribution is 7.14. The Morgan fingerprint density at radius 1 is 1.24 bits per heavy atom. The molecule has 0 saturated heterocycles. The van der Waals surface area contributed by atoms with E-state index in [9.17, 15) is 4.79 Å². The number of nitrogens with zero attached hydrogens (tertiary/aromatic N) is 1. The lowest BCUT2D eigenvalue weighted by Gasteiger charge is -2.04. The number of hydrogen-bond donors (Lipinski definition) is 1. The van der Waals surface area contributed by atoms with Crippen molar-refractivity contribution in [1.82, 2.24) is 3.96 Å². The molecule has 0 atom stereocenters. The molecule has 0 spiro atoms. The van der Waals surface area contributed by atoms with Crippen LogP contribution in [0, 0.1) is 11.8 Å². The molecule has 0 aliphatic carbocycles. The summed E-state index contributed by atoms with van der Waals surface area (Å²) in [6.45, 7) is 0.292. The van der Waals surface area contributed by atoms with Crippen LogP contribution in [0.3, 0.4) is 0 Å². The number of halogens is 1. The minimum atomic E-state index is -0.0681. The molecule has 0 aliphatic rings. The van der Waals surface area contributed by atoms with Gasteiger partial charge in [0.25, 0.3) is 5.56 Å². The highest BCUT2D eigenvalue weighted by Gasteiger charge is 2.11. The van der Waals surface area contributed by atoms with Gasteiger partial charge >= 0.3 is 0 Å². The third-order valence-electron chi connectivity index (χ3n) is 2.99. The van der Waals surface area contributed by atoms with Crippen LogP contribution >= 0.6 is 23.1 Å². The van der Waals surface area contributed by atoms with Crippen molar-refractivity contribution in [2.45, 2.75) is 0 Å². The van der Waals surface area contributed by atoms with E-state index in [2.05, 4.69) is 11.8 Å². The van der Waals surface area contributed by atoms with E-state index in [1.54, 1.807) is 10.0 Å². The van der Waals surface area contributed by atoms with Gasteiger partial charge in [-0.15, -0.1) is 0 Å². The van der Waals surface area contributed by atoms with Gasteiger partial charge in [-0.25, -0.2) is 3.96 Å². The normalized spacial score (nSPS) is 10.4. The van der Waals surface area contributed by atoms with Gasteiger partial charge in [0.1, 0.15) is 0 Å². The first-order valence-electron chi connectivity index (χ1n) is 6.30. The maximum absolute atomic E-state index is 12.5. The molecular formula is C16H11ClN2OS. The van der Waals surface area contributed by atoms with Crippen molar-refractivity contribution >= 4 is 33.2 Å². The smallest absolute Gasteiger partial charge is 0.273 e. The summed E-state index contributed by atoms with van der Waals surface area (Å²) in [6, 6.07) is 12.9. The monoisotopic (exact) mass is 314 g/mol. The van der Waals surface area contributed by atoms with Gasteiger partial charge < -0.3 is 5.73 Å². The van der Waals surface area contributed by atoms with Gasteiger partial charge in [0.2, 0.25) is 0 Å². The molecule has 0 radical (unpaired) electrons. The average Bonchev–Trinajstić information content (AvgIpc) is 2.84. The van der Waals surface area contributed by atoms with E-state index in [4.69, 9.17) is 17.3 Å². The highest BCUT2D eigenvalue weighted by atomic mass is 35.5. The second-order valence-corrected chi connectivity index (χ2v) is 5.75. The lowest BCUT2D eigenvalue weighted by Crippen LogP contribution is -2.11. The molecule has 2 aromatic carbocycles. The first-order chi connectivity index (χ1) is 10.2. The van der Waals surface area contributed by atoms with E-state index < -0.39 is 0 Å². The second-order valence-electron chi connectivity index (χ2n) is 4.36. The molecule has 3 aromatic rings. The van der Waals surface area contributed by atoms with E-state index in [-0.39, 0.29) is 5.56 Å². The zero-order valence-electron chi connectivity index (χ0n) is 11.0. The molecule has 2 N–H and O–H groups in total. The lowest BCUT2D eigenvalue weighted by atomic mass is 10.2. The van der Waals surface area contributed by atoms with E-state index in [0.717, 1.165) is 10.3 Å². The third kappa shape index (κ3) is 2.59. The lowest BCUT2D eigenvalue weighted by molar-refractivity contribution is 1.14. The number of benzene rings is 2. The minimum absolute atomic E-state index is 0.0681. The Labute approximate surface area is 130 Å². The number of rotatable bonds is 1. The van der Waals surface area contributed by atoms with Crippen molar-refractivity contribution in [3.8, 4) is 17.5 Å². The van der Waals surface area contributed by atoms with Gasteiger partial charge in [0.05, 0.1) is 27.3 Å². The molecule has 3 nitrogen and oxygen atoms in total. The quantitative estimate of drug-likeness (QED) is 0.702. The van der Waals surface area contributed by atoms with Gasteiger partial charge in [-0.1, -0.05) is 47.1 Å². The van der Waals surface area contributed by atoms with E-state index in [0.29, 0.717) is 22.6 Å². The van der Waals surface area contributed by atoms with Crippen LogP contribution in [0.15, 0.2) is 47.3 Å². The van der Waals surface area contributed by atoms with Crippen LogP contribution in [-0.4, -0.2) is 10.5 Å². The van der Waals surface area contributed by atoms with E-state index in [1.807, 2.05) is 36.4 Å². The number of hydrogen-bond acceptors (Lipinski definition) is 3. The van der Waals surface area contributed by atoms with Gasteiger partial charge in [-0.2, -0.15) is 0 Å². The average molecular weight is 315 g/mol. The predicted octanol–water partition coefficient (Wildman–Crippen LogP) is 3.02. The molecule has 3 rings (SSSR count).